The second-order valence-corrected chi connectivity index (χ2v) is 5.46. The number of carboxylic acid groups (broad SMARTS) is 1. The van der Waals surface area contributed by atoms with E-state index in [1.807, 2.05) is 12.1 Å². The van der Waals surface area contributed by atoms with E-state index < -0.39 is 5.97 Å². The molecule has 0 atom stereocenters. The zero-order valence-corrected chi connectivity index (χ0v) is 11.7. The van der Waals surface area contributed by atoms with Gasteiger partial charge >= 0.3 is 5.97 Å². The maximum Gasteiger partial charge on any atom is 0.308 e. The number of hydrogen-bond acceptors (Lipinski definition) is 3. The normalized spacial score (nSPS) is 14.1. The van der Waals surface area contributed by atoms with Gasteiger partial charge in [0.15, 0.2) is 0 Å². The number of aromatic nitrogens is 2. The van der Waals surface area contributed by atoms with Crippen LogP contribution in [0.2, 0.25) is 0 Å². The van der Waals surface area contributed by atoms with E-state index in [4.69, 9.17) is 5.11 Å². The van der Waals surface area contributed by atoms with Gasteiger partial charge in [-0.25, -0.2) is 4.98 Å². The largest absolute Gasteiger partial charge is 0.481 e. The van der Waals surface area contributed by atoms with Gasteiger partial charge in [-0.2, -0.15) is 0 Å². The van der Waals surface area contributed by atoms with Crippen molar-refractivity contribution >= 4 is 5.97 Å². The third-order valence-electron chi connectivity index (χ3n) is 4.01. The van der Waals surface area contributed by atoms with E-state index in [0.717, 1.165) is 12.8 Å². The second kappa shape index (κ2) is 5.16. The Bertz CT molecular complexity index is 739. The topological polar surface area (TPSA) is 83.0 Å². The van der Waals surface area contributed by atoms with Crippen molar-refractivity contribution in [2.24, 2.45) is 0 Å². The Hall–Kier alpha value is -2.43. The molecule has 1 heterocycles. The van der Waals surface area contributed by atoms with Crippen molar-refractivity contribution in [3.63, 3.8) is 0 Å². The summed E-state index contributed by atoms with van der Waals surface area (Å²) in [7, 11) is 0. The highest BCUT2D eigenvalue weighted by Gasteiger charge is 2.25. The first kappa shape index (κ1) is 13.5. The first-order valence-electron chi connectivity index (χ1n) is 6.93. The molecule has 0 bridgehead atoms. The molecule has 5 heteroatoms. The molecule has 3 rings (SSSR count). The molecule has 0 radical (unpaired) electrons. The Morgan fingerprint density at radius 3 is 2.48 bits per heavy atom. The molecule has 1 aliphatic carbocycles. The molecule has 0 unspecified atom stereocenters. The van der Waals surface area contributed by atoms with Crippen molar-refractivity contribution in [3.05, 3.63) is 62.8 Å². The second-order valence-electron chi connectivity index (χ2n) is 5.46. The average Bonchev–Trinajstić information content (AvgIpc) is 2.86. The molecule has 0 saturated carbocycles. The summed E-state index contributed by atoms with van der Waals surface area (Å²) in [6.45, 7) is 1.69. The summed E-state index contributed by atoms with van der Waals surface area (Å²) in [5.41, 5.74) is 2.99. The molecular formula is C16H16N2O3. The molecule has 1 aliphatic rings. The van der Waals surface area contributed by atoms with Gasteiger partial charge in [-0.15, -0.1) is 0 Å². The fraction of sp³-hybridized carbons (Fsp3) is 0.312. The third kappa shape index (κ3) is 2.59. The van der Waals surface area contributed by atoms with E-state index >= 15 is 0 Å². The van der Waals surface area contributed by atoms with Gasteiger partial charge < -0.3 is 10.1 Å². The molecule has 1 aromatic heterocycles. The Labute approximate surface area is 121 Å². The first-order chi connectivity index (χ1) is 10.0. The van der Waals surface area contributed by atoms with Gasteiger partial charge in [-0.1, -0.05) is 24.3 Å². The molecule has 1 aromatic carbocycles. The minimum atomic E-state index is -1.02. The van der Waals surface area contributed by atoms with Crippen molar-refractivity contribution in [2.75, 3.05) is 0 Å². The number of benzene rings is 1. The molecule has 21 heavy (non-hydrogen) atoms. The van der Waals surface area contributed by atoms with Gasteiger partial charge in [-0.05, 0) is 30.9 Å². The molecule has 5 nitrogen and oxygen atoms in total. The number of nitrogens with one attached hydrogen (secondary N) is 1. The quantitative estimate of drug-likeness (QED) is 0.896. The van der Waals surface area contributed by atoms with Crippen molar-refractivity contribution in [1.29, 1.82) is 0 Å². The number of carboxylic acids is 1. The summed E-state index contributed by atoms with van der Waals surface area (Å²) in [6, 6.07) is 8.22. The van der Waals surface area contributed by atoms with Crippen LogP contribution in [0.15, 0.2) is 29.1 Å². The van der Waals surface area contributed by atoms with Crippen LogP contribution >= 0.6 is 0 Å². The Kier molecular flexibility index (Phi) is 3.33. The molecule has 0 amide bonds. The standard InChI is InChI=1S/C16H16N2O3/c1-9-13(8-14(19)20)16(21)18-15(17-9)12-6-10-4-2-3-5-11(10)7-12/h2-5,12H,6-8H2,1H3,(H,19,20)(H,17,18,21). The molecule has 2 N–H and O–H groups in total. The zero-order chi connectivity index (χ0) is 15.0. The van der Waals surface area contributed by atoms with Gasteiger partial charge in [0.2, 0.25) is 0 Å². The molecule has 0 saturated heterocycles. The Balaban J connectivity index is 1.92. The number of carbonyl (C=O) groups is 1. The van der Waals surface area contributed by atoms with Crippen LogP contribution in [0, 0.1) is 6.92 Å². The fourth-order valence-electron chi connectivity index (χ4n) is 2.94. The highest BCUT2D eigenvalue weighted by Crippen LogP contribution is 2.31. The van der Waals surface area contributed by atoms with E-state index in [1.165, 1.54) is 11.1 Å². The van der Waals surface area contributed by atoms with E-state index in [-0.39, 0.29) is 23.5 Å². The van der Waals surface area contributed by atoms with E-state index in [2.05, 4.69) is 22.1 Å². The van der Waals surface area contributed by atoms with Gasteiger partial charge in [0, 0.05) is 17.2 Å². The third-order valence-corrected chi connectivity index (χ3v) is 4.01. The lowest BCUT2D eigenvalue weighted by Gasteiger charge is -2.11. The molecule has 0 aliphatic heterocycles. The van der Waals surface area contributed by atoms with Gasteiger partial charge in [0.25, 0.3) is 5.56 Å². The molecular weight excluding hydrogens is 268 g/mol. The summed E-state index contributed by atoms with van der Waals surface area (Å²) < 4.78 is 0. The number of aromatic amines is 1. The summed E-state index contributed by atoms with van der Waals surface area (Å²) >= 11 is 0. The number of nitrogens with zero attached hydrogens (tertiary/aromatic N) is 1. The van der Waals surface area contributed by atoms with Crippen LogP contribution in [0.3, 0.4) is 0 Å². The lowest BCUT2D eigenvalue weighted by atomic mass is 10.0. The monoisotopic (exact) mass is 284 g/mol. The van der Waals surface area contributed by atoms with Crippen molar-refractivity contribution in [1.82, 2.24) is 9.97 Å². The van der Waals surface area contributed by atoms with Crippen LogP contribution in [-0.4, -0.2) is 21.0 Å². The Morgan fingerprint density at radius 1 is 1.33 bits per heavy atom. The SMILES string of the molecule is Cc1nc(C2Cc3ccccc3C2)[nH]c(=O)c1CC(=O)O. The predicted molar refractivity (Wildman–Crippen MR) is 77.5 cm³/mol. The maximum absolute atomic E-state index is 12.1. The van der Waals surface area contributed by atoms with Crippen LogP contribution in [0.5, 0.6) is 0 Å². The molecule has 2 aromatic rings. The van der Waals surface area contributed by atoms with E-state index in [1.54, 1.807) is 6.92 Å². The summed E-state index contributed by atoms with van der Waals surface area (Å²) in [4.78, 5) is 30.1. The summed E-state index contributed by atoms with van der Waals surface area (Å²) in [5.74, 6) is -0.207. The molecule has 0 spiro atoms. The highest BCUT2D eigenvalue weighted by atomic mass is 16.4. The lowest BCUT2D eigenvalue weighted by molar-refractivity contribution is -0.136. The Morgan fingerprint density at radius 2 is 1.95 bits per heavy atom. The van der Waals surface area contributed by atoms with Crippen molar-refractivity contribution in [3.8, 4) is 0 Å². The first-order valence-corrected chi connectivity index (χ1v) is 6.93. The number of hydrogen-bond donors (Lipinski definition) is 2. The summed E-state index contributed by atoms with van der Waals surface area (Å²) in [5, 5.41) is 8.83. The molecule has 108 valence electrons. The smallest absolute Gasteiger partial charge is 0.308 e. The lowest BCUT2D eigenvalue weighted by Crippen LogP contribution is -2.23. The van der Waals surface area contributed by atoms with Gasteiger partial charge in [0.1, 0.15) is 5.82 Å². The molecule has 0 fully saturated rings. The van der Waals surface area contributed by atoms with Crippen LogP contribution in [0.1, 0.15) is 34.1 Å². The van der Waals surface area contributed by atoms with Crippen LogP contribution in [-0.2, 0) is 24.1 Å². The number of aliphatic carboxylic acids is 1. The number of fused-ring (bicyclic) bond motifs is 1. The minimum Gasteiger partial charge on any atom is -0.481 e. The number of rotatable bonds is 3. The van der Waals surface area contributed by atoms with Crippen molar-refractivity contribution in [2.45, 2.75) is 32.1 Å². The van der Waals surface area contributed by atoms with E-state index in [9.17, 15) is 9.59 Å². The maximum atomic E-state index is 12.1. The van der Waals surface area contributed by atoms with Crippen LogP contribution in [0.25, 0.3) is 0 Å². The number of H-pyrrole nitrogens is 1. The summed E-state index contributed by atoms with van der Waals surface area (Å²) in [6.07, 6.45) is 1.42. The van der Waals surface area contributed by atoms with Gasteiger partial charge in [0.05, 0.1) is 6.42 Å². The highest BCUT2D eigenvalue weighted by molar-refractivity contribution is 5.70. The fourth-order valence-corrected chi connectivity index (χ4v) is 2.94. The number of aryl methyl sites for hydroxylation is 1. The van der Waals surface area contributed by atoms with Gasteiger partial charge in [-0.3, -0.25) is 9.59 Å². The zero-order valence-electron chi connectivity index (χ0n) is 11.7. The minimum absolute atomic E-state index is 0.160. The predicted octanol–water partition coefficient (Wildman–Crippen LogP) is 1.59. The van der Waals surface area contributed by atoms with Crippen molar-refractivity contribution < 1.29 is 9.90 Å². The van der Waals surface area contributed by atoms with E-state index in [0.29, 0.717) is 11.5 Å². The van der Waals surface area contributed by atoms with Crippen LogP contribution in [0.4, 0.5) is 0 Å². The average molecular weight is 284 g/mol. The van der Waals surface area contributed by atoms with Crippen LogP contribution < -0.4 is 5.56 Å².